The maximum Gasteiger partial charge on any atom is 0.325 e. The predicted octanol–water partition coefficient (Wildman–Crippen LogP) is 1.25. The zero-order chi connectivity index (χ0) is 17.2. The number of likely N-dealkylation sites (N-methyl/N-ethyl adjacent to an activating group) is 1. The number of amides is 4. The third kappa shape index (κ3) is 3.03. The first-order valence-electron chi connectivity index (χ1n) is 8.10. The van der Waals surface area contributed by atoms with Gasteiger partial charge in [0.1, 0.15) is 12.1 Å². The maximum absolute atomic E-state index is 12.8. The normalized spacial score (nSPS) is 28.4. The van der Waals surface area contributed by atoms with Crippen LogP contribution < -0.4 is 5.32 Å². The Morgan fingerprint density at radius 1 is 1.52 bits per heavy atom. The van der Waals surface area contributed by atoms with Crippen molar-refractivity contribution in [2.24, 2.45) is 5.92 Å². The van der Waals surface area contributed by atoms with E-state index in [1.807, 2.05) is 13.0 Å². The Bertz CT molecular complexity index is 556. The summed E-state index contributed by atoms with van der Waals surface area (Å²) in [5, 5.41) is 11.5. The Kier molecular flexibility index (Phi) is 4.93. The van der Waals surface area contributed by atoms with Gasteiger partial charge in [0.2, 0.25) is 5.91 Å². The van der Waals surface area contributed by atoms with E-state index in [1.165, 1.54) is 4.90 Å². The number of carbonyl (C=O) groups is 3. The molecule has 0 aromatic rings. The molecular formula is C16H24N4O3. The van der Waals surface area contributed by atoms with Gasteiger partial charge in [0.15, 0.2) is 0 Å². The Morgan fingerprint density at radius 2 is 2.22 bits per heavy atom. The van der Waals surface area contributed by atoms with Crippen molar-refractivity contribution in [1.82, 2.24) is 15.1 Å². The molecule has 2 aliphatic rings. The molecule has 3 atom stereocenters. The predicted molar refractivity (Wildman–Crippen MR) is 83.1 cm³/mol. The average molecular weight is 320 g/mol. The lowest BCUT2D eigenvalue weighted by Gasteiger charge is -2.36. The molecule has 1 spiro atoms. The summed E-state index contributed by atoms with van der Waals surface area (Å²) in [7, 11) is 1.59. The minimum absolute atomic E-state index is 0.0723. The Morgan fingerprint density at radius 3 is 2.83 bits per heavy atom. The summed E-state index contributed by atoms with van der Waals surface area (Å²) in [5.41, 5.74) is -0.841. The van der Waals surface area contributed by atoms with Crippen LogP contribution in [0.15, 0.2) is 0 Å². The molecule has 7 heteroatoms. The molecule has 1 N–H and O–H groups in total. The Hall–Kier alpha value is -2.10. The SMILES string of the molecule is C[C@H](CC#N)N(C)C(=O)CN1C(=O)N[C@@]2(CCCC[C@H]2C)C1=O. The number of hydrogen-bond acceptors (Lipinski definition) is 4. The van der Waals surface area contributed by atoms with E-state index in [2.05, 4.69) is 5.32 Å². The number of carbonyl (C=O) groups excluding carboxylic acids is 3. The lowest BCUT2D eigenvalue weighted by molar-refractivity contribution is -0.140. The highest BCUT2D eigenvalue weighted by Crippen LogP contribution is 2.38. The smallest absolute Gasteiger partial charge is 0.325 e. The molecule has 7 nitrogen and oxygen atoms in total. The van der Waals surface area contributed by atoms with E-state index >= 15 is 0 Å². The van der Waals surface area contributed by atoms with Crippen molar-refractivity contribution in [3.05, 3.63) is 0 Å². The molecule has 2 fully saturated rings. The minimum atomic E-state index is -0.841. The number of imide groups is 1. The van der Waals surface area contributed by atoms with Gasteiger partial charge in [0.25, 0.3) is 5.91 Å². The van der Waals surface area contributed by atoms with Gasteiger partial charge in [0.05, 0.1) is 12.5 Å². The summed E-state index contributed by atoms with van der Waals surface area (Å²) in [4.78, 5) is 39.7. The molecule has 126 valence electrons. The van der Waals surface area contributed by atoms with Gasteiger partial charge in [0, 0.05) is 13.1 Å². The van der Waals surface area contributed by atoms with Crippen LogP contribution in [0.5, 0.6) is 0 Å². The summed E-state index contributed by atoms with van der Waals surface area (Å²) in [6, 6.07) is 1.27. The molecular weight excluding hydrogens is 296 g/mol. The van der Waals surface area contributed by atoms with Crippen molar-refractivity contribution in [2.75, 3.05) is 13.6 Å². The van der Waals surface area contributed by atoms with Crippen LogP contribution in [-0.4, -0.2) is 52.8 Å². The van der Waals surface area contributed by atoms with Gasteiger partial charge in [-0.1, -0.05) is 19.8 Å². The molecule has 0 bridgehead atoms. The Balaban J connectivity index is 2.09. The zero-order valence-corrected chi connectivity index (χ0v) is 14.0. The molecule has 1 saturated carbocycles. The second-order valence-electron chi connectivity index (χ2n) is 6.66. The van der Waals surface area contributed by atoms with Crippen molar-refractivity contribution >= 4 is 17.8 Å². The molecule has 0 radical (unpaired) electrons. The van der Waals surface area contributed by atoms with E-state index in [0.717, 1.165) is 24.2 Å². The molecule has 0 unspecified atom stereocenters. The van der Waals surface area contributed by atoms with Gasteiger partial charge >= 0.3 is 6.03 Å². The summed E-state index contributed by atoms with van der Waals surface area (Å²) in [6.45, 7) is 3.47. The highest BCUT2D eigenvalue weighted by molar-refractivity contribution is 6.09. The standard InChI is InChI=1S/C16H24N4O3/c1-11-6-4-5-8-16(11)14(22)20(15(23)18-16)10-13(21)19(3)12(2)7-9-17/h11-12H,4-8,10H2,1-3H3,(H,18,23)/t11-,12-,16-/m1/s1. The fraction of sp³-hybridized carbons (Fsp3) is 0.750. The fourth-order valence-electron chi connectivity index (χ4n) is 3.40. The molecule has 1 aliphatic carbocycles. The van der Waals surface area contributed by atoms with Crippen LogP contribution in [0.25, 0.3) is 0 Å². The quantitative estimate of drug-likeness (QED) is 0.789. The maximum atomic E-state index is 12.8. The highest BCUT2D eigenvalue weighted by Gasteiger charge is 2.55. The van der Waals surface area contributed by atoms with E-state index in [9.17, 15) is 14.4 Å². The lowest BCUT2D eigenvalue weighted by Crippen LogP contribution is -2.54. The minimum Gasteiger partial charge on any atom is -0.340 e. The van der Waals surface area contributed by atoms with E-state index < -0.39 is 11.6 Å². The second kappa shape index (κ2) is 6.57. The molecule has 4 amide bonds. The van der Waals surface area contributed by atoms with Gasteiger partial charge < -0.3 is 10.2 Å². The highest BCUT2D eigenvalue weighted by atomic mass is 16.2. The summed E-state index contributed by atoms with van der Waals surface area (Å²) in [6.07, 6.45) is 3.69. The first-order chi connectivity index (χ1) is 10.8. The van der Waals surface area contributed by atoms with E-state index in [0.29, 0.717) is 6.42 Å². The largest absolute Gasteiger partial charge is 0.340 e. The molecule has 1 aliphatic heterocycles. The third-order valence-electron chi connectivity index (χ3n) is 5.24. The second-order valence-corrected chi connectivity index (χ2v) is 6.66. The monoisotopic (exact) mass is 320 g/mol. The van der Waals surface area contributed by atoms with E-state index in [1.54, 1.807) is 14.0 Å². The van der Waals surface area contributed by atoms with Crippen molar-refractivity contribution in [2.45, 2.75) is 57.5 Å². The molecule has 23 heavy (non-hydrogen) atoms. The van der Waals surface area contributed by atoms with Crippen molar-refractivity contribution in [1.29, 1.82) is 5.26 Å². The summed E-state index contributed by atoms with van der Waals surface area (Å²) >= 11 is 0. The first kappa shape index (κ1) is 17.3. The van der Waals surface area contributed by atoms with Gasteiger partial charge in [-0.25, -0.2) is 4.79 Å². The van der Waals surface area contributed by atoms with Crippen LogP contribution in [0.4, 0.5) is 4.79 Å². The number of urea groups is 1. The number of nitrogens with zero attached hydrogens (tertiary/aromatic N) is 3. The van der Waals surface area contributed by atoms with Crippen LogP contribution in [-0.2, 0) is 9.59 Å². The van der Waals surface area contributed by atoms with Crippen LogP contribution in [0.3, 0.4) is 0 Å². The molecule has 2 rings (SSSR count). The number of hydrogen-bond donors (Lipinski definition) is 1. The van der Waals surface area contributed by atoms with Crippen molar-refractivity contribution in [3.8, 4) is 6.07 Å². The van der Waals surface area contributed by atoms with E-state index in [4.69, 9.17) is 5.26 Å². The van der Waals surface area contributed by atoms with Crippen molar-refractivity contribution < 1.29 is 14.4 Å². The van der Waals surface area contributed by atoms with Gasteiger partial charge in [-0.15, -0.1) is 0 Å². The third-order valence-corrected chi connectivity index (χ3v) is 5.24. The summed E-state index contributed by atoms with van der Waals surface area (Å²) in [5.74, 6) is -0.552. The zero-order valence-electron chi connectivity index (χ0n) is 14.0. The van der Waals surface area contributed by atoms with Crippen LogP contribution in [0, 0.1) is 17.2 Å². The van der Waals surface area contributed by atoms with Gasteiger partial charge in [-0.3, -0.25) is 14.5 Å². The fourth-order valence-corrected chi connectivity index (χ4v) is 3.40. The van der Waals surface area contributed by atoms with Crippen LogP contribution >= 0.6 is 0 Å². The number of nitriles is 1. The molecule has 1 saturated heterocycles. The average Bonchev–Trinajstić information content (AvgIpc) is 2.75. The van der Waals surface area contributed by atoms with E-state index in [-0.39, 0.29) is 36.7 Å². The van der Waals surface area contributed by atoms with Crippen molar-refractivity contribution in [3.63, 3.8) is 0 Å². The van der Waals surface area contributed by atoms with Gasteiger partial charge in [-0.05, 0) is 25.7 Å². The van der Waals surface area contributed by atoms with Crippen LogP contribution in [0.2, 0.25) is 0 Å². The Labute approximate surface area is 136 Å². The van der Waals surface area contributed by atoms with Gasteiger partial charge in [-0.2, -0.15) is 5.26 Å². The molecule has 1 heterocycles. The number of rotatable bonds is 4. The molecule has 0 aromatic carbocycles. The molecule has 0 aromatic heterocycles. The number of nitrogens with one attached hydrogen (secondary N) is 1. The lowest BCUT2D eigenvalue weighted by atomic mass is 9.73. The topological polar surface area (TPSA) is 93.5 Å². The van der Waals surface area contributed by atoms with Crippen LogP contribution in [0.1, 0.15) is 46.0 Å². The summed E-state index contributed by atoms with van der Waals surface area (Å²) < 4.78 is 0. The first-order valence-corrected chi connectivity index (χ1v) is 8.10.